The second-order valence-electron chi connectivity index (χ2n) is 5.74. The van der Waals surface area contributed by atoms with Crippen molar-refractivity contribution in [2.24, 2.45) is 5.73 Å². The van der Waals surface area contributed by atoms with Gasteiger partial charge in [0.1, 0.15) is 5.54 Å². The Morgan fingerprint density at radius 1 is 1.36 bits per heavy atom. The number of nitrogens with two attached hydrogens (primary N) is 1. The van der Waals surface area contributed by atoms with Crippen LogP contribution in [0.3, 0.4) is 0 Å². The number of rotatable bonds is 4. The van der Waals surface area contributed by atoms with Gasteiger partial charge in [-0.1, -0.05) is 35.3 Å². The van der Waals surface area contributed by atoms with Crippen molar-refractivity contribution in [3.63, 3.8) is 0 Å². The summed E-state index contributed by atoms with van der Waals surface area (Å²) in [6, 6.07) is 5.53. The van der Waals surface area contributed by atoms with E-state index in [-0.39, 0.29) is 18.3 Å². The molecule has 136 valence electrons. The van der Waals surface area contributed by atoms with Crippen LogP contribution in [0.25, 0.3) is 0 Å². The number of carbonyl (C=O) groups is 1. The first-order valence-corrected chi connectivity index (χ1v) is 9.11. The molecular formula is C16H18Cl3N3O2S. The van der Waals surface area contributed by atoms with Gasteiger partial charge in [0, 0.05) is 30.7 Å². The summed E-state index contributed by atoms with van der Waals surface area (Å²) in [7, 11) is 0. The van der Waals surface area contributed by atoms with Gasteiger partial charge in [-0.3, -0.25) is 4.79 Å². The number of nitrogens with zero attached hydrogens (tertiary/aromatic N) is 1. The second-order valence-corrected chi connectivity index (χ2v) is 7.64. The van der Waals surface area contributed by atoms with E-state index in [2.05, 4.69) is 10.3 Å². The van der Waals surface area contributed by atoms with E-state index in [1.54, 1.807) is 12.3 Å². The van der Waals surface area contributed by atoms with Gasteiger partial charge in [0.15, 0.2) is 5.13 Å². The fourth-order valence-electron chi connectivity index (χ4n) is 2.50. The Hall–Kier alpha value is -0.890. The third-order valence-electron chi connectivity index (χ3n) is 4.01. The van der Waals surface area contributed by atoms with E-state index < -0.39 is 5.54 Å². The van der Waals surface area contributed by atoms with Crippen LogP contribution < -0.4 is 11.1 Å². The van der Waals surface area contributed by atoms with Crippen molar-refractivity contribution >= 4 is 58.0 Å². The van der Waals surface area contributed by atoms with Crippen LogP contribution in [0.5, 0.6) is 0 Å². The molecule has 0 aliphatic carbocycles. The highest BCUT2D eigenvalue weighted by Crippen LogP contribution is 2.30. The normalized spacial score (nSPS) is 16.1. The molecule has 1 amide bonds. The van der Waals surface area contributed by atoms with Crippen LogP contribution in [0, 0.1) is 0 Å². The molecule has 2 aromatic rings. The Morgan fingerprint density at radius 3 is 2.80 bits per heavy atom. The summed E-state index contributed by atoms with van der Waals surface area (Å²) in [6.45, 7) is 1.00. The minimum Gasteiger partial charge on any atom is -0.381 e. The molecule has 25 heavy (non-hydrogen) atoms. The third-order valence-corrected chi connectivity index (χ3v) is 5.78. The number of hydrogen-bond acceptors (Lipinski definition) is 5. The number of benzene rings is 1. The number of thiazole rings is 1. The molecule has 5 nitrogen and oxygen atoms in total. The predicted molar refractivity (Wildman–Crippen MR) is 104 cm³/mol. The lowest BCUT2D eigenvalue weighted by atomic mass is 9.90. The number of carbonyl (C=O) groups excluding carboxylic acids is 1. The van der Waals surface area contributed by atoms with Gasteiger partial charge in [-0.05, 0) is 24.5 Å². The average molecular weight is 423 g/mol. The first kappa shape index (κ1) is 20.4. The average Bonchev–Trinajstić information content (AvgIpc) is 2.99. The standard InChI is InChI=1S/C16H17Cl2N3O2S.ClH/c17-12-3-1-2-10(13(12)18)8-11-9-20-15(24-11)21-14(22)16(19)4-6-23-7-5-16;/h1-3,9H,4-8,19H2,(H,20,21,22);1H. The van der Waals surface area contributed by atoms with Crippen molar-refractivity contribution in [2.75, 3.05) is 18.5 Å². The van der Waals surface area contributed by atoms with Crippen molar-refractivity contribution in [1.82, 2.24) is 4.98 Å². The second kappa shape index (κ2) is 8.66. The lowest BCUT2D eigenvalue weighted by molar-refractivity contribution is -0.124. The summed E-state index contributed by atoms with van der Waals surface area (Å²) in [5, 5.41) is 4.41. The van der Waals surface area contributed by atoms with Crippen molar-refractivity contribution in [3.05, 3.63) is 44.9 Å². The van der Waals surface area contributed by atoms with Gasteiger partial charge < -0.3 is 15.8 Å². The number of amides is 1. The highest BCUT2D eigenvalue weighted by molar-refractivity contribution is 7.15. The molecule has 1 saturated heterocycles. The molecule has 0 saturated carbocycles. The van der Waals surface area contributed by atoms with Gasteiger partial charge in [0.25, 0.3) is 0 Å². The van der Waals surface area contributed by atoms with Crippen LogP contribution in [0.15, 0.2) is 24.4 Å². The van der Waals surface area contributed by atoms with Crippen LogP contribution >= 0.6 is 46.9 Å². The summed E-state index contributed by atoms with van der Waals surface area (Å²) in [6.07, 6.45) is 3.35. The summed E-state index contributed by atoms with van der Waals surface area (Å²) in [4.78, 5) is 17.6. The maximum atomic E-state index is 12.4. The summed E-state index contributed by atoms with van der Waals surface area (Å²) in [5.41, 5.74) is 6.20. The predicted octanol–water partition coefficient (Wildman–Crippen LogP) is 3.91. The first-order valence-electron chi connectivity index (χ1n) is 7.54. The minimum atomic E-state index is -0.889. The molecule has 0 atom stereocenters. The molecular weight excluding hydrogens is 405 g/mol. The molecule has 0 spiro atoms. The fourth-order valence-corrected chi connectivity index (χ4v) is 3.72. The van der Waals surface area contributed by atoms with Crippen LogP contribution in [-0.2, 0) is 16.0 Å². The quantitative estimate of drug-likeness (QED) is 0.783. The zero-order valence-electron chi connectivity index (χ0n) is 13.3. The molecule has 1 aromatic carbocycles. The van der Waals surface area contributed by atoms with Crippen molar-refractivity contribution in [1.29, 1.82) is 0 Å². The molecule has 2 heterocycles. The van der Waals surface area contributed by atoms with Gasteiger partial charge in [0.05, 0.1) is 10.0 Å². The Bertz CT molecular complexity index is 748. The van der Waals surface area contributed by atoms with E-state index in [1.165, 1.54) is 11.3 Å². The van der Waals surface area contributed by atoms with Crippen molar-refractivity contribution < 1.29 is 9.53 Å². The molecule has 1 aromatic heterocycles. The topological polar surface area (TPSA) is 77.2 Å². The van der Waals surface area contributed by atoms with E-state index in [1.807, 2.05) is 12.1 Å². The number of halogens is 3. The monoisotopic (exact) mass is 421 g/mol. The van der Waals surface area contributed by atoms with E-state index in [0.717, 1.165) is 10.4 Å². The van der Waals surface area contributed by atoms with E-state index in [9.17, 15) is 4.79 Å². The van der Waals surface area contributed by atoms with Crippen LogP contribution in [0.4, 0.5) is 5.13 Å². The zero-order valence-corrected chi connectivity index (χ0v) is 16.4. The van der Waals surface area contributed by atoms with Gasteiger partial charge in [0.2, 0.25) is 5.91 Å². The Balaban J connectivity index is 0.00000225. The fraction of sp³-hybridized carbons (Fsp3) is 0.375. The Labute approximate surface area is 166 Å². The number of nitrogens with one attached hydrogen (secondary N) is 1. The maximum absolute atomic E-state index is 12.4. The lowest BCUT2D eigenvalue weighted by Crippen LogP contribution is -2.54. The number of hydrogen-bond donors (Lipinski definition) is 2. The lowest BCUT2D eigenvalue weighted by Gasteiger charge is -2.31. The van der Waals surface area contributed by atoms with Gasteiger partial charge in [-0.2, -0.15) is 0 Å². The Kier molecular flexibility index (Phi) is 7.08. The summed E-state index contributed by atoms with van der Waals surface area (Å²) < 4.78 is 5.26. The van der Waals surface area contributed by atoms with Gasteiger partial charge in [-0.15, -0.1) is 23.7 Å². The molecule has 0 bridgehead atoms. The third kappa shape index (κ3) is 4.84. The SMILES string of the molecule is Cl.NC1(C(=O)Nc2ncc(Cc3cccc(Cl)c3Cl)s2)CCOCC1. The van der Waals surface area contributed by atoms with Crippen molar-refractivity contribution in [3.8, 4) is 0 Å². The van der Waals surface area contributed by atoms with E-state index >= 15 is 0 Å². The number of aromatic nitrogens is 1. The largest absolute Gasteiger partial charge is 0.381 e. The molecule has 3 rings (SSSR count). The van der Waals surface area contributed by atoms with Gasteiger partial charge >= 0.3 is 0 Å². The molecule has 0 radical (unpaired) electrons. The Morgan fingerprint density at radius 2 is 2.08 bits per heavy atom. The van der Waals surface area contributed by atoms with E-state index in [4.69, 9.17) is 33.7 Å². The van der Waals surface area contributed by atoms with Crippen LogP contribution in [-0.4, -0.2) is 29.6 Å². The van der Waals surface area contributed by atoms with Gasteiger partial charge in [-0.25, -0.2) is 4.98 Å². The van der Waals surface area contributed by atoms with E-state index in [0.29, 0.717) is 47.7 Å². The molecule has 1 fully saturated rings. The highest BCUT2D eigenvalue weighted by Gasteiger charge is 2.36. The minimum absolute atomic E-state index is 0. The molecule has 9 heteroatoms. The maximum Gasteiger partial charge on any atom is 0.246 e. The highest BCUT2D eigenvalue weighted by atomic mass is 35.5. The van der Waals surface area contributed by atoms with Crippen molar-refractivity contribution in [2.45, 2.75) is 24.8 Å². The summed E-state index contributed by atoms with van der Waals surface area (Å²) >= 11 is 13.6. The zero-order chi connectivity index (χ0) is 17.2. The first-order chi connectivity index (χ1) is 11.5. The molecule has 3 N–H and O–H groups in total. The van der Waals surface area contributed by atoms with Crippen LogP contribution in [0.1, 0.15) is 23.3 Å². The smallest absolute Gasteiger partial charge is 0.246 e. The number of ether oxygens (including phenoxy) is 1. The molecule has 1 aliphatic heterocycles. The summed E-state index contributed by atoms with van der Waals surface area (Å²) in [5.74, 6) is -0.215. The number of anilines is 1. The molecule has 1 aliphatic rings. The van der Waals surface area contributed by atoms with Crippen LogP contribution in [0.2, 0.25) is 10.0 Å². The molecule has 0 unspecified atom stereocenters.